The Kier molecular flexibility index (Phi) is 19.2. The molecule has 3 aliphatic rings. The lowest BCUT2D eigenvalue weighted by atomic mass is 10.0. The molecule has 20 nitrogen and oxygen atoms in total. The standard InChI is InChI=1S/C47H58ClN8O12PS/c1-62-39-27-32(11-12-36(39)52-47-49-28-35(48)44(54-47)51-37-8-4-5-9-40(37)69(61,63-2)64-3)55-17-15-31(16-18-55)50-43(58)30-68-24-23-66-20-19-65-21-22-67-25-26-70-41-10-6-7-33-34(41)29-56(46(33)60)38-13-14-42(57)53-45(38)59/h4-12,27-28,31,38H,13-26,29-30H2,1-3H3,(H,50,58)(H,53,57,59)(H2,49,51,52,54). The van der Waals surface area contributed by atoms with Crippen LogP contribution in [0.25, 0.3) is 0 Å². The molecule has 0 bridgehead atoms. The van der Waals surface area contributed by atoms with E-state index in [4.69, 9.17) is 44.3 Å². The maximum atomic E-state index is 13.2. The zero-order valence-corrected chi connectivity index (χ0v) is 41.7. The van der Waals surface area contributed by atoms with Crippen LogP contribution in [-0.2, 0) is 53.5 Å². The summed E-state index contributed by atoms with van der Waals surface area (Å²) in [6, 6.07) is 17.6. The Bertz CT molecular complexity index is 2510. The first-order chi connectivity index (χ1) is 34.0. The van der Waals surface area contributed by atoms with Gasteiger partial charge in [-0.05, 0) is 61.2 Å². The summed E-state index contributed by atoms with van der Waals surface area (Å²) < 4.78 is 51.8. The van der Waals surface area contributed by atoms with Crippen LogP contribution in [0, 0.1) is 0 Å². The van der Waals surface area contributed by atoms with Crippen molar-refractivity contribution in [1.29, 1.82) is 0 Å². The van der Waals surface area contributed by atoms with Gasteiger partial charge in [-0.1, -0.05) is 29.8 Å². The summed E-state index contributed by atoms with van der Waals surface area (Å²) >= 11 is 8.05. The number of hydrogen-bond donors (Lipinski definition) is 4. The summed E-state index contributed by atoms with van der Waals surface area (Å²) in [5.41, 5.74) is 3.54. The molecular formula is C47H58ClN8O12PS. The van der Waals surface area contributed by atoms with Crippen LogP contribution < -0.4 is 36.2 Å². The molecule has 0 aliphatic carbocycles. The van der Waals surface area contributed by atoms with E-state index in [1.54, 1.807) is 54.1 Å². The second-order valence-corrected chi connectivity index (χ2v) is 19.9. The minimum absolute atomic E-state index is 0.0236. The summed E-state index contributed by atoms with van der Waals surface area (Å²) in [5.74, 6) is 0.688. The molecule has 4 N–H and O–H groups in total. The first-order valence-corrected chi connectivity index (χ1v) is 25.7. The van der Waals surface area contributed by atoms with Crippen molar-refractivity contribution in [1.82, 2.24) is 25.5 Å². The van der Waals surface area contributed by atoms with Gasteiger partial charge in [-0.3, -0.25) is 29.1 Å². The minimum atomic E-state index is -3.58. The molecule has 1 atom stereocenters. The van der Waals surface area contributed by atoms with E-state index in [0.29, 0.717) is 86.4 Å². The number of anilines is 5. The van der Waals surface area contributed by atoms with E-state index in [0.717, 1.165) is 42.1 Å². The van der Waals surface area contributed by atoms with Crippen LogP contribution in [0.15, 0.2) is 71.8 Å². The van der Waals surface area contributed by atoms with Gasteiger partial charge in [0, 0.05) is 74.3 Å². The normalized spacial score (nSPS) is 16.3. The lowest BCUT2D eigenvalue weighted by Gasteiger charge is -2.34. The molecule has 2 fully saturated rings. The van der Waals surface area contributed by atoms with Crippen molar-refractivity contribution in [2.24, 2.45) is 0 Å². The number of benzene rings is 3. The molecule has 70 heavy (non-hydrogen) atoms. The zero-order valence-electron chi connectivity index (χ0n) is 39.2. The smallest absolute Gasteiger partial charge is 0.362 e. The molecule has 3 aromatic carbocycles. The highest BCUT2D eigenvalue weighted by Crippen LogP contribution is 2.47. The lowest BCUT2D eigenvalue weighted by molar-refractivity contribution is -0.137. The van der Waals surface area contributed by atoms with Crippen molar-refractivity contribution in [3.8, 4) is 5.75 Å². The third kappa shape index (κ3) is 13.7. The molecule has 3 aliphatic heterocycles. The number of piperidine rings is 2. The van der Waals surface area contributed by atoms with E-state index in [9.17, 15) is 23.7 Å². The van der Waals surface area contributed by atoms with Gasteiger partial charge < -0.3 is 58.5 Å². The Hall–Kier alpha value is -5.35. The van der Waals surface area contributed by atoms with Gasteiger partial charge in [0.05, 0.1) is 76.2 Å². The maximum absolute atomic E-state index is 13.2. The second-order valence-electron chi connectivity index (χ2n) is 16.2. The van der Waals surface area contributed by atoms with Crippen LogP contribution in [0.5, 0.6) is 5.75 Å². The van der Waals surface area contributed by atoms with Gasteiger partial charge in [-0.2, -0.15) is 4.98 Å². The van der Waals surface area contributed by atoms with Gasteiger partial charge in [0.1, 0.15) is 23.4 Å². The molecule has 4 heterocycles. The third-order valence-electron chi connectivity index (χ3n) is 11.7. The lowest BCUT2D eigenvalue weighted by Crippen LogP contribution is -2.52. The molecule has 0 saturated carbocycles. The fourth-order valence-corrected chi connectivity index (χ4v) is 10.4. The quantitative estimate of drug-likeness (QED) is 0.0266. The number of halogens is 1. The van der Waals surface area contributed by atoms with Crippen LogP contribution in [0.3, 0.4) is 0 Å². The van der Waals surface area contributed by atoms with Gasteiger partial charge in [0.25, 0.3) is 5.91 Å². The molecular weight excluding hydrogens is 967 g/mol. The number of nitrogens with zero attached hydrogens (tertiary/aromatic N) is 4. The van der Waals surface area contributed by atoms with E-state index < -0.39 is 19.5 Å². The number of methoxy groups -OCH3 is 1. The number of imide groups is 1. The van der Waals surface area contributed by atoms with E-state index in [2.05, 4.69) is 36.1 Å². The number of carbonyl (C=O) groups excluding carboxylic acids is 4. The molecule has 23 heteroatoms. The SMILES string of the molecule is COc1cc(N2CCC(NC(=O)COCCOCCOCCOCCSc3cccc4c3CN(C3CCC(=O)NC3=O)C4=O)CC2)ccc1Nc1ncc(Cl)c(Nc2ccccc2P(=O)(OC)OC)n1. The Morgan fingerprint density at radius 3 is 2.29 bits per heavy atom. The number of hydrogen-bond acceptors (Lipinski definition) is 18. The summed E-state index contributed by atoms with van der Waals surface area (Å²) in [5, 5.41) is 12.3. The van der Waals surface area contributed by atoms with Crippen molar-refractivity contribution in [2.45, 2.75) is 49.2 Å². The van der Waals surface area contributed by atoms with Gasteiger partial charge in [-0.15, -0.1) is 11.8 Å². The number of carbonyl (C=O) groups is 4. The van der Waals surface area contributed by atoms with Crippen molar-refractivity contribution in [3.63, 3.8) is 0 Å². The number of aromatic nitrogens is 2. The van der Waals surface area contributed by atoms with Crippen LogP contribution in [0.1, 0.15) is 41.6 Å². The van der Waals surface area contributed by atoms with E-state index >= 15 is 0 Å². The highest BCUT2D eigenvalue weighted by molar-refractivity contribution is 7.99. The number of thioether (sulfide) groups is 1. The molecule has 0 radical (unpaired) electrons. The Labute approximate surface area is 415 Å². The summed E-state index contributed by atoms with van der Waals surface area (Å²) in [6.07, 6.45) is 3.52. The molecule has 4 amide bonds. The fraction of sp³-hybridized carbons (Fsp3) is 0.447. The van der Waals surface area contributed by atoms with Crippen molar-refractivity contribution in [3.05, 3.63) is 83.0 Å². The molecule has 1 unspecified atom stereocenters. The van der Waals surface area contributed by atoms with Crippen LogP contribution in [0.2, 0.25) is 5.02 Å². The summed E-state index contributed by atoms with van der Waals surface area (Å²) in [6.45, 7) is 4.45. The first-order valence-electron chi connectivity index (χ1n) is 22.8. The van der Waals surface area contributed by atoms with Crippen molar-refractivity contribution in [2.75, 3.05) is 109 Å². The number of fused-ring (bicyclic) bond motifs is 1. The summed E-state index contributed by atoms with van der Waals surface area (Å²) in [4.78, 5) is 63.3. The molecule has 7 rings (SSSR count). The zero-order chi connectivity index (χ0) is 49.5. The predicted octanol–water partition coefficient (Wildman–Crippen LogP) is 5.44. The number of rotatable bonds is 26. The predicted molar refractivity (Wildman–Crippen MR) is 264 cm³/mol. The van der Waals surface area contributed by atoms with Gasteiger partial charge >= 0.3 is 7.60 Å². The van der Waals surface area contributed by atoms with Crippen molar-refractivity contribution < 1.29 is 56.5 Å². The third-order valence-corrected chi connectivity index (χ3v) is 15.0. The van der Waals surface area contributed by atoms with E-state index in [1.807, 2.05) is 30.3 Å². The molecule has 2 saturated heterocycles. The highest BCUT2D eigenvalue weighted by atomic mass is 35.5. The van der Waals surface area contributed by atoms with Crippen LogP contribution in [0.4, 0.5) is 28.8 Å². The van der Waals surface area contributed by atoms with Gasteiger partial charge in [0.2, 0.25) is 23.7 Å². The highest BCUT2D eigenvalue weighted by Gasteiger charge is 2.40. The summed E-state index contributed by atoms with van der Waals surface area (Å²) in [7, 11) is 0.639. The Balaban J connectivity index is 0.723. The number of nitrogens with one attached hydrogen (secondary N) is 4. The van der Waals surface area contributed by atoms with E-state index in [1.165, 1.54) is 20.4 Å². The topological polar surface area (TPSA) is 230 Å². The fourth-order valence-electron chi connectivity index (χ4n) is 8.11. The van der Waals surface area contributed by atoms with Gasteiger partial charge in [0.15, 0.2) is 5.82 Å². The van der Waals surface area contributed by atoms with Crippen molar-refractivity contribution >= 4 is 88.7 Å². The largest absolute Gasteiger partial charge is 0.494 e. The molecule has 4 aromatic rings. The average molecular weight is 1030 g/mol. The second kappa shape index (κ2) is 25.7. The van der Waals surface area contributed by atoms with Crippen LogP contribution in [-0.4, -0.2) is 144 Å². The van der Waals surface area contributed by atoms with E-state index in [-0.39, 0.29) is 60.2 Å². The minimum Gasteiger partial charge on any atom is -0.494 e. The molecule has 1 aromatic heterocycles. The average Bonchev–Trinajstić information content (AvgIpc) is 3.71. The Morgan fingerprint density at radius 2 is 1.57 bits per heavy atom. The van der Waals surface area contributed by atoms with Gasteiger partial charge in [-0.25, -0.2) is 4.98 Å². The monoisotopic (exact) mass is 1020 g/mol. The maximum Gasteiger partial charge on any atom is 0.362 e. The molecule has 0 spiro atoms. The number of amides is 4. The number of ether oxygens (including phenoxy) is 5. The van der Waals surface area contributed by atoms with Crippen LogP contribution >= 0.6 is 31.0 Å². The molecule has 376 valence electrons. The Morgan fingerprint density at radius 1 is 0.857 bits per heavy atom. The number of para-hydroxylation sites is 1. The first kappa shape index (κ1) is 52.5.